The smallest absolute Gasteiger partial charge is 0.207 e. The average molecular weight is 374 g/mol. The third-order valence-corrected chi connectivity index (χ3v) is 7.24. The fourth-order valence-electron chi connectivity index (χ4n) is 2.91. The molecule has 0 bridgehead atoms. The van der Waals surface area contributed by atoms with Crippen molar-refractivity contribution in [2.75, 3.05) is 6.54 Å². The number of benzene rings is 1. The van der Waals surface area contributed by atoms with Crippen molar-refractivity contribution in [3.05, 3.63) is 51.4 Å². The normalized spacial score (nSPS) is 20.3. The lowest BCUT2D eigenvalue weighted by molar-refractivity contribution is 0.333. The van der Waals surface area contributed by atoms with Gasteiger partial charge in [0.1, 0.15) is 5.82 Å². The third kappa shape index (κ3) is 3.45. The molecule has 7 heteroatoms. The topological polar surface area (TPSA) is 37.4 Å². The van der Waals surface area contributed by atoms with Crippen LogP contribution in [-0.4, -0.2) is 19.3 Å². The maximum atomic E-state index is 13.4. The lowest BCUT2D eigenvalue weighted by atomic mass is 10.1. The highest BCUT2D eigenvalue weighted by Gasteiger charge is 2.34. The van der Waals surface area contributed by atoms with Crippen molar-refractivity contribution >= 4 is 33.0 Å². The van der Waals surface area contributed by atoms with Gasteiger partial charge in [-0.1, -0.05) is 30.5 Å². The summed E-state index contributed by atoms with van der Waals surface area (Å²) in [5, 5.41) is 1.79. The molecule has 0 N–H and O–H groups in total. The summed E-state index contributed by atoms with van der Waals surface area (Å²) in [5.74, 6) is -0.615. The highest BCUT2D eigenvalue weighted by Crippen LogP contribution is 2.37. The van der Waals surface area contributed by atoms with Gasteiger partial charge in [0.25, 0.3) is 0 Å². The van der Waals surface area contributed by atoms with Crippen molar-refractivity contribution in [3.63, 3.8) is 0 Å². The Morgan fingerprint density at radius 2 is 2.04 bits per heavy atom. The van der Waals surface area contributed by atoms with E-state index in [2.05, 4.69) is 0 Å². The van der Waals surface area contributed by atoms with Crippen LogP contribution in [0, 0.1) is 5.82 Å². The van der Waals surface area contributed by atoms with Crippen molar-refractivity contribution in [2.45, 2.75) is 36.6 Å². The molecule has 0 unspecified atom stereocenters. The quantitative estimate of drug-likeness (QED) is 0.771. The maximum absolute atomic E-state index is 13.4. The Balaban J connectivity index is 2.02. The molecular formula is C16H17ClFNO2S2. The molecule has 0 radical (unpaired) electrons. The summed E-state index contributed by atoms with van der Waals surface area (Å²) in [7, 11) is -3.71. The molecule has 23 heavy (non-hydrogen) atoms. The molecule has 1 aliphatic rings. The van der Waals surface area contributed by atoms with Gasteiger partial charge in [0.2, 0.25) is 10.0 Å². The van der Waals surface area contributed by atoms with Gasteiger partial charge in [0.05, 0.1) is 16.0 Å². The first-order valence-corrected chi connectivity index (χ1v) is 10.2. The largest absolute Gasteiger partial charge is 0.243 e. The minimum atomic E-state index is -3.71. The maximum Gasteiger partial charge on any atom is 0.243 e. The molecule has 0 aliphatic carbocycles. The second kappa shape index (κ2) is 6.89. The first kappa shape index (κ1) is 16.9. The van der Waals surface area contributed by atoms with E-state index < -0.39 is 15.8 Å². The summed E-state index contributed by atoms with van der Waals surface area (Å²) in [6.07, 6.45) is 3.64. The highest BCUT2D eigenvalue weighted by molar-refractivity contribution is 7.89. The zero-order valence-electron chi connectivity index (χ0n) is 12.4. The van der Waals surface area contributed by atoms with E-state index in [9.17, 15) is 12.8 Å². The fraction of sp³-hybridized carbons (Fsp3) is 0.375. The number of rotatable bonds is 3. The van der Waals surface area contributed by atoms with Crippen molar-refractivity contribution in [1.29, 1.82) is 0 Å². The number of sulfonamides is 1. The fourth-order valence-corrected chi connectivity index (χ4v) is 5.79. The minimum Gasteiger partial charge on any atom is -0.207 e. The van der Waals surface area contributed by atoms with Gasteiger partial charge in [-0.3, -0.25) is 0 Å². The summed E-state index contributed by atoms with van der Waals surface area (Å²) in [6, 6.07) is 7.33. The molecule has 0 amide bonds. The van der Waals surface area contributed by atoms with Gasteiger partial charge in [-0.25, -0.2) is 12.8 Å². The molecule has 3 rings (SSSR count). The average Bonchev–Trinajstić information content (AvgIpc) is 2.93. The molecule has 1 atom stereocenters. The van der Waals surface area contributed by atoms with E-state index in [1.165, 1.54) is 12.1 Å². The molecule has 1 fully saturated rings. The van der Waals surface area contributed by atoms with E-state index in [4.69, 9.17) is 11.6 Å². The van der Waals surface area contributed by atoms with Gasteiger partial charge in [-0.05, 0) is 42.5 Å². The Morgan fingerprint density at radius 1 is 1.22 bits per heavy atom. The highest BCUT2D eigenvalue weighted by atomic mass is 35.5. The summed E-state index contributed by atoms with van der Waals surface area (Å²) >= 11 is 7.34. The molecular weight excluding hydrogens is 357 g/mol. The second-order valence-electron chi connectivity index (χ2n) is 5.57. The van der Waals surface area contributed by atoms with E-state index in [0.29, 0.717) is 6.54 Å². The first-order chi connectivity index (χ1) is 11.0. The van der Waals surface area contributed by atoms with Crippen LogP contribution in [-0.2, 0) is 10.0 Å². The van der Waals surface area contributed by atoms with Gasteiger partial charge < -0.3 is 0 Å². The van der Waals surface area contributed by atoms with Gasteiger partial charge in [0, 0.05) is 11.4 Å². The number of hydrogen-bond acceptors (Lipinski definition) is 3. The van der Waals surface area contributed by atoms with E-state index in [1.54, 1.807) is 15.6 Å². The molecule has 1 saturated heterocycles. The molecule has 1 aliphatic heterocycles. The zero-order valence-corrected chi connectivity index (χ0v) is 14.8. The Kier molecular flexibility index (Phi) is 5.06. The Morgan fingerprint density at radius 3 is 2.74 bits per heavy atom. The molecule has 1 aromatic carbocycles. The molecule has 124 valence electrons. The molecule has 2 heterocycles. The monoisotopic (exact) mass is 373 g/mol. The summed E-state index contributed by atoms with van der Waals surface area (Å²) in [6.45, 7) is 0.472. The molecule has 0 spiro atoms. The number of nitrogens with zero attached hydrogens (tertiary/aromatic N) is 1. The van der Waals surface area contributed by atoms with E-state index in [-0.39, 0.29) is 16.0 Å². The summed E-state index contributed by atoms with van der Waals surface area (Å²) < 4.78 is 41.0. The Hall–Kier alpha value is -0.950. The number of thiophene rings is 1. The van der Waals surface area contributed by atoms with Crippen LogP contribution in [0.25, 0.3) is 0 Å². The summed E-state index contributed by atoms with van der Waals surface area (Å²) in [4.78, 5) is 1.09. The van der Waals surface area contributed by atoms with Crippen LogP contribution >= 0.6 is 22.9 Å². The molecule has 0 saturated carbocycles. The Labute approximate surface area is 144 Å². The van der Waals surface area contributed by atoms with Gasteiger partial charge in [0.15, 0.2) is 0 Å². The number of hydrogen-bond donors (Lipinski definition) is 0. The first-order valence-electron chi connectivity index (χ1n) is 7.50. The minimum absolute atomic E-state index is 0.0485. The third-order valence-electron chi connectivity index (χ3n) is 4.07. The van der Waals surface area contributed by atoms with Crippen LogP contribution in [0.4, 0.5) is 4.39 Å². The SMILES string of the molecule is O=S(=O)(c1ccc(F)c(Cl)c1)N1CCCCC[C@H]1c1cccs1. The van der Waals surface area contributed by atoms with Crippen LogP contribution in [0.5, 0.6) is 0 Å². The zero-order chi connectivity index (χ0) is 16.4. The van der Waals surface area contributed by atoms with Crippen LogP contribution in [0.15, 0.2) is 40.6 Å². The molecule has 3 nitrogen and oxygen atoms in total. The van der Waals surface area contributed by atoms with E-state index in [0.717, 1.165) is 36.6 Å². The predicted octanol–water partition coefficient (Wildman–Crippen LogP) is 4.85. The van der Waals surface area contributed by atoms with Crippen LogP contribution in [0.2, 0.25) is 5.02 Å². The Bertz CT molecular complexity index is 777. The lowest BCUT2D eigenvalue weighted by Crippen LogP contribution is -2.34. The molecule has 2 aromatic rings. The van der Waals surface area contributed by atoms with E-state index in [1.807, 2.05) is 17.5 Å². The van der Waals surface area contributed by atoms with Crippen LogP contribution in [0.3, 0.4) is 0 Å². The second-order valence-corrected chi connectivity index (χ2v) is 8.85. The standard InChI is InChI=1S/C16H17ClFNO2S2/c17-13-11-12(7-8-14(13)18)23(20,21)19-9-3-1-2-5-15(19)16-6-4-10-22-16/h4,6-8,10-11,15H,1-3,5,9H2/t15-/m0/s1. The van der Waals surface area contributed by atoms with Crippen LogP contribution < -0.4 is 0 Å². The predicted molar refractivity (Wildman–Crippen MR) is 90.8 cm³/mol. The molecule has 1 aromatic heterocycles. The van der Waals surface area contributed by atoms with E-state index >= 15 is 0 Å². The lowest BCUT2D eigenvalue weighted by Gasteiger charge is -2.28. The van der Waals surface area contributed by atoms with Crippen molar-refractivity contribution in [3.8, 4) is 0 Å². The van der Waals surface area contributed by atoms with Crippen LogP contribution in [0.1, 0.15) is 36.6 Å². The van der Waals surface area contributed by atoms with Crippen molar-refractivity contribution in [1.82, 2.24) is 4.31 Å². The van der Waals surface area contributed by atoms with Crippen molar-refractivity contribution < 1.29 is 12.8 Å². The van der Waals surface area contributed by atoms with Gasteiger partial charge >= 0.3 is 0 Å². The van der Waals surface area contributed by atoms with Crippen molar-refractivity contribution in [2.24, 2.45) is 0 Å². The van der Waals surface area contributed by atoms with Gasteiger partial charge in [-0.2, -0.15) is 4.31 Å². The van der Waals surface area contributed by atoms with Gasteiger partial charge in [-0.15, -0.1) is 11.3 Å². The summed E-state index contributed by atoms with van der Waals surface area (Å²) in [5.41, 5.74) is 0. The number of halogens is 2.